The molecule has 0 saturated carbocycles. The second kappa shape index (κ2) is 5.56. The topological polar surface area (TPSA) is 130 Å². The lowest BCUT2D eigenvalue weighted by Gasteiger charge is -2.21. The molecule has 2 heterocycles. The number of hydrogen-bond donors (Lipinski definition) is 2. The Kier molecular flexibility index (Phi) is 3.80. The molecule has 1 atom stereocenters. The number of aromatic nitrogens is 2. The summed E-state index contributed by atoms with van der Waals surface area (Å²) in [6, 6.07) is 2.64. The van der Waals surface area contributed by atoms with Crippen molar-refractivity contribution in [2.75, 3.05) is 6.54 Å². The van der Waals surface area contributed by atoms with Crippen molar-refractivity contribution in [1.82, 2.24) is 13.9 Å². The van der Waals surface area contributed by atoms with Gasteiger partial charge in [0, 0.05) is 13.6 Å². The summed E-state index contributed by atoms with van der Waals surface area (Å²) in [5, 5.41) is 9.22. The van der Waals surface area contributed by atoms with Gasteiger partial charge in [-0.1, -0.05) is 0 Å². The first-order valence-corrected chi connectivity index (χ1v) is 8.65. The van der Waals surface area contributed by atoms with Crippen LogP contribution in [-0.2, 0) is 21.9 Å². The Morgan fingerprint density at radius 1 is 1.33 bits per heavy atom. The maximum absolute atomic E-state index is 12.7. The van der Waals surface area contributed by atoms with Crippen molar-refractivity contribution in [2.24, 2.45) is 7.05 Å². The zero-order chi connectivity index (χ0) is 17.6. The Balaban J connectivity index is 2.17. The summed E-state index contributed by atoms with van der Waals surface area (Å²) in [4.78, 5) is 37.3. The molecule has 0 radical (unpaired) electrons. The van der Waals surface area contributed by atoms with Crippen LogP contribution >= 0.6 is 0 Å². The number of hydrogen-bond acceptors (Lipinski definition) is 5. The Bertz CT molecular complexity index is 1050. The van der Waals surface area contributed by atoms with Crippen LogP contribution in [0.25, 0.3) is 10.9 Å². The molecule has 2 aromatic rings. The number of carbonyl (C=O) groups is 1. The van der Waals surface area contributed by atoms with E-state index in [1.807, 2.05) is 0 Å². The first-order valence-electron chi connectivity index (χ1n) is 7.21. The number of rotatable bonds is 3. The first-order chi connectivity index (χ1) is 11.2. The number of nitrogens with one attached hydrogen (secondary N) is 1. The van der Waals surface area contributed by atoms with Crippen LogP contribution in [0.5, 0.6) is 0 Å². The molecule has 1 aromatic heterocycles. The van der Waals surface area contributed by atoms with E-state index in [2.05, 4.69) is 4.98 Å². The van der Waals surface area contributed by atoms with Crippen LogP contribution in [0.2, 0.25) is 0 Å². The molecule has 1 aromatic carbocycles. The zero-order valence-electron chi connectivity index (χ0n) is 12.7. The van der Waals surface area contributed by atoms with E-state index in [0.29, 0.717) is 6.42 Å². The van der Waals surface area contributed by atoms with Gasteiger partial charge < -0.3 is 10.1 Å². The van der Waals surface area contributed by atoms with Crippen LogP contribution < -0.4 is 11.2 Å². The summed E-state index contributed by atoms with van der Waals surface area (Å²) >= 11 is 0. The van der Waals surface area contributed by atoms with E-state index in [1.54, 1.807) is 0 Å². The molecule has 10 heteroatoms. The lowest BCUT2D eigenvalue weighted by atomic mass is 10.2. The highest BCUT2D eigenvalue weighted by atomic mass is 32.2. The quantitative estimate of drug-likeness (QED) is 0.763. The molecule has 24 heavy (non-hydrogen) atoms. The number of H-pyrrole nitrogens is 1. The van der Waals surface area contributed by atoms with E-state index in [4.69, 9.17) is 0 Å². The molecule has 0 amide bonds. The van der Waals surface area contributed by atoms with Crippen LogP contribution in [0.1, 0.15) is 12.8 Å². The SMILES string of the molecule is Cn1c(=O)[nH]c2ccc(S(=O)(=O)N3CCC[C@@H]3C(=O)O)cc2c1=O. The summed E-state index contributed by atoms with van der Waals surface area (Å²) < 4.78 is 27.3. The highest BCUT2D eigenvalue weighted by molar-refractivity contribution is 7.89. The molecule has 2 N–H and O–H groups in total. The number of fused-ring (bicyclic) bond motifs is 1. The van der Waals surface area contributed by atoms with E-state index < -0.39 is 33.3 Å². The third-order valence-corrected chi connectivity index (χ3v) is 6.07. The van der Waals surface area contributed by atoms with E-state index >= 15 is 0 Å². The van der Waals surface area contributed by atoms with Crippen molar-refractivity contribution in [1.29, 1.82) is 0 Å². The third kappa shape index (κ3) is 2.43. The van der Waals surface area contributed by atoms with Crippen molar-refractivity contribution >= 4 is 26.9 Å². The third-order valence-electron chi connectivity index (χ3n) is 4.17. The van der Waals surface area contributed by atoms with E-state index in [9.17, 15) is 27.9 Å². The summed E-state index contributed by atoms with van der Waals surface area (Å²) in [5.41, 5.74) is -1.01. The molecule has 0 spiro atoms. The number of nitrogens with zero attached hydrogens (tertiary/aromatic N) is 2. The van der Waals surface area contributed by atoms with Crippen LogP contribution in [0.15, 0.2) is 32.7 Å². The molecule has 1 aliphatic heterocycles. The average molecular weight is 353 g/mol. The predicted octanol–water partition coefficient (Wildman–Crippen LogP) is -0.535. The van der Waals surface area contributed by atoms with Crippen LogP contribution in [0.4, 0.5) is 0 Å². The Hall–Kier alpha value is -2.46. The second-order valence-corrected chi connectivity index (χ2v) is 7.50. The number of aliphatic carboxylic acids is 1. The minimum Gasteiger partial charge on any atom is -0.480 e. The zero-order valence-corrected chi connectivity index (χ0v) is 13.5. The number of carboxylic acid groups (broad SMARTS) is 1. The fourth-order valence-corrected chi connectivity index (χ4v) is 4.53. The van der Waals surface area contributed by atoms with Crippen molar-refractivity contribution in [3.63, 3.8) is 0 Å². The van der Waals surface area contributed by atoms with E-state index in [0.717, 1.165) is 8.87 Å². The number of aromatic amines is 1. The molecular weight excluding hydrogens is 338 g/mol. The number of carboxylic acids is 1. The minimum atomic E-state index is -4.05. The fourth-order valence-electron chi connectivity index (χ4n) is 2.85. The highest BCUT2D eigenvalue weighted by Crippen LogP contribution is 2.27. The predicted molar refractivity (Wildman–Crippen MR) is 84.4 cm³/mol. The fraction of sp³-hybridized carbons (Fsp3) is 0.357. The standard InChI is InChI=1S/C14H15N3O6S/c1-16-12(18)9-7-8(4-5-10(9)15-14(16)21)24(22,23)17-6-2-3-11(17)13(19)20/h4-5,7,11H,2-3,6H2,1H3,(H,15,21)(H,19,20)/t11-/m1/s1. The van der Waals surface area contributed by atoms with Gasteiger partial charge in [-0.2, -0.15) is 4.31 Å². The number of sulfonamides is 1. The summed E-state index contributed by atoms with van der Waals surface area (Å²) in [5.74, 6) is -1.20. The normalized spacial score (nSPS) is 19.0. The van der Waals surface area contributed by atoms with Gasteiger partial charge in [-0.05, 0) is 31.0 Å². The molecule has 3 rings (SSSR count). The van der Waals surface area contributed by atoms with E-state index in [1.165, 1.54) is 25.2 Å². The Labute approximate surface area is 136 Å². The maximum atomic E-state index is 12.7. The van der Waals surface area contributed by atoms with Gasteiger partial charge >= 0.3 is 11.7 Å². The van der Waals surface area contributed by atoms with Gasteiger partial charge in [-0.15, -0.1) is 0 Å². The van der Waals surface area contributed by atoms with Crippen molar-refractivity contribution in [2.45, 2.75) is 23.8 Å². The summed E-state index contributed by atoms with van der Waals surface area (Å²) in [7, 11) is -2.77. The Morgan fingerprint density at radius 2 is 2.04 bits per heavy atom. The molecular formula is C14H15N3O6S. The first kappa shape index (κ1) is 16.4. The van der Waals surface area contributed by atoms with Crippen LogP contribution in [0.3, 0.4) is 0 Å². The van der Waals surface area contributed by atoms with Crippen molar-refractivity contribution in [3.8, 4) is 0 Å². The molecule has 0 aliphatic carbocycles. The Morgan fingerprint density at radius 3 is 2.71 bits per heavy atom. The molecule has 0 unspecified atom stereocenters. The van der Waals surface area contributed by atoms with Gasteiger partial charge in [0.1, 0.15) is 6.04 Å². The van der Waals surface area contributed by atoms with Crippen molar-refractivity contribution < 1.29 is 18.3 Å². The van der Waals surface area contributed by atoms with Gasteiger partial charge in [0.2, 0.25) is 10.0 Å². The van der Waals surface area contributed by atoms with Crippen molar-refractivity contribution in [3.05, 3.63) is 39.0 Å². The summed E-state index contributed by atoms with van der Waals surface area (Å²) in [6.45, 7) is 0.112. The van der Waals surface area contributed by atoms with Gasteiger partial charge in [-0.25, -0.2) is 13.2 Å². The van der Waals surface area contributed by atoms with Crippen LogP contribution in [-0.4, -0.2) is 45.9 Å². The number of benzene rings is 1. The monoisotopic (exact) mass is 353 g/mol. The largest absolute Gasteiger partial charge is 0.480 e. The smallest absolute Gasteiger partial charge is 0.328 e. The molecule has 1 saturated heterocycles. The van der Waals surface area contributed by atoms with Crippen LogP contribution in [0, 0.1) is 0 Å². The lowest BCUT2D eigenvalue weighted by Crippen LogP contribution is -2.40. The van der Waals surface area contributed by atoms with Gasteiger partial charge in [0.15, 0.2) is 0 Å². The molecule has 128 valence electrons. The molecule has 1 fully saturated rings. The second-order valence-electron chi connectivity index (χ2n) is 5.61. The molecule has 9 nitrogen and oxygen atoms in total. The molecule has 0 bridgehead atoms. The van der Waals surface area contributed by atoms with Gasteiger partial charge in [-0.3, -0.25) is 14.2 Å². The van der Waals surface area contributed by atoms with Gasteiger partial charge in [0.25, 0.3) is 5.56 Å². The van der Waals surface area contributed by atoms with E-state index in [-0.39, 0.29) is 28.8 Å². The highest BCUT2D eigenvalue weighted by Gasteiger charge is 2.39. The maximum Gasteiger partial charge on any atom is 0.328 e. The minimum absolute atomic E-state index is 0.0456. The average Bonchev–Trinajstić information content (AvgIpc) is 3.03. The summed E-state index contributed by atoms with van der Waals surface area (Å²) in [6.07, 6.45) is 0.704. The van der Waals surface area contributed by atoms with Gasteiger partial charge in [0.05, 0.1) is 15.8 Å². The lowest BCUT2D eigenvalue weighted by molar-refractivity contribution is -0.140. The molecule has 1 aliphatic rings.